The maximum Gasteiger partial charge on any atom is 0.339 e. The van der Waals surface area contributed by atoms with Crippen molar-refractivity contribution in [3.05, 3.63) is 77.9 Å². The van der Waals surface area contributed by atoms with Crippen molar-refractivity contribution >= 4 is 48.8 Å². The molecule has 0 aliphatic rings. The van der Waals surface area contributed by atoms with Gasteiger partial charge in [0.15, 0.2) is 9.84 Å². The number of amides is 1. The first kappa shape index (κ1) is 34.4. The molecule has 0 heterocycles. The van der Waals surface area contributed by atoms with Crippen LogP contribution in [0, 0.1) is 0 Å². The minimum Gasteiger partial charge on any atom is -0.462 e. The van der Waals surface area contributed by atoms with Gasteiger partial charge in [-0.15, -0.1) is 5.11 Å². The quantitative estimate of drug-likeness (QED) is 0.117. The first-order valence-corrected chi connectivity index (χ1v) is 17.6. The van der Waals surface area contributed by atoms with Gasteiger partial charge >= 0.3 is 5.97 Å². The number of nitrogens with zero attached hydrogens (tertiary/aromatic N) is 3. The van der Waals surface area contributed by atoms with E-state index in [2.05, 4.69) is 17.2 Å². The topological polar surface area (TPSA) is 152 Å². The summed E-state index contributed by atoms with van der Waals surface area (Å²) in [5, 5.41) is 8.22. The number of sulfone groups is 1. The van der Waals surface area contributed by atoms with E-state index in [1.807, 2.05) is 35.9 Å². The van der Waals surface area contributed by atoms with Crippen molar-refractivity contribution in [3.63, 3.8) is 0 Å². The standard InChI is InChI=1S/C31H38N4O7S2/c1-5-6-7-8-9-12-21-42-31(37)26-13-10-11-14-29(26)44(40,41)34-30(36)27-22-25(43(4,38)39)19-20-28(27)33-32-23-15-17-24(18-16-23)35(2)3/h10-11,13-20,22H,5-9,12,21H2,1-4H3,(H,34,36). The maximum atomic E-state index is 13.4. The van der Waals surface area contributed by atoms with E-state index in [4.69, 9.17) is 4.74 Å². The molecule has 1 N–H and O–H groups in total. The zero-order valence-electron chi connectivity index (χ0n) is 25.3. The third kappa shape index (κ3) is 9.71. The molecule has 0 fully saturated rings. The van der Waals surface area contributed by atoms with Crippen molar-refractivity contribution in [3.8, 4) is 0 Å². The van der Waals surface area contributed by atoms with Gasteiger partial charge < -0.3 is 9.64 Å². The predicted octanol–water partition coefficient (Wildman–Crippen LogP) is 6.21. The third-order valence-corrected chi connectivity index (χ3v) is 9.13. The van der Waals surface area contributed by atoms with Crippen LogP contribution in [0.25, 0.3) is 0 Å². The van der Waals surface area contributed by atoms with E-state index in [-0.39, 0.29) is 28.3 Å². The van der Waals surface area contributed by atoms with Crippen LogP contribution in [-0.2, 0) is 24.6 Å². The first-order valence-electron chi connectivity index (χ1n) is 14.2. The summed E-state index contributed by atoms with van der Waals surface area (Å²) in [4.78, 5) is 27.4. The van der Waals surface area contributed by atoms with E-state index in [1.54, 1.807) is 12.1 Å². The van der Waals surface area contributed by atoms with Crippen LogP contribution in [0.5, 0.6) is 0 Å². The number of esters is 1. The number of nitrogens with one attached hydrogen (secondary N) is 1. The summed E-state index contributed by atoms with van der Waals surface area (Å²) >= 11 is 0. The summed E-state index contributed by atoms with van der Waals surface area (Å²) in [6.45, 7) is 2.26. The fraction of sp³-hybridized carbons (Fsp3) is 0.355. The highest BCUT2D eigenvalue weighted by atomic mass is 32.2. The molecular weight excluding hydrogens is 604 g/mol. The van der Waals surface area contributed by atoms with Gasteiger partial charge in [-0.1, -0.05) is 51.2 Å². The third-order valence-electron chi connectivity index (χ3n) is 6.63. The Morgan fingerprint density at radius 3 is 2.14 bits per heavy atom. The van der Waals surface area contributed by atoms with Crippen LogP contribution in [0.4, 0.5) is 17.1 Å². The van der Waals surface area contributed by atoms with Crippen LogP contribution >= 0.6 is 0 Å². The van der Waals surface area contributed by atoms with Gasteiger partial charge in [0.25, 0.3) is 15.9 Å². The van der Waals surface area contributed by atoms with Crippen LogP contribution < -0.4 is 9.62 Å². The monoisotopic (exact) mass is 642 g/mol. The van der Waals surface area contributed by atoms with Gasteiger partial charge in [0.05, 0.1) is 34.0 Å². The number of sulfonamides is 1. The highest BCUT2D eigenvalue weighted by molar-refractivity contribution is 7.90. The lowest BCUT2D eigenvalue weighted by Gasteiger charge is -2.13. The molecule has 0 spiro atoms. The molecule has 0 atom stereocenters. The summed E-state index contributed by atoms with van der Waals surface area (Å²) in [6.07, 6.45) is 6.88. The molecule has 0 aromatic heterocycles. The zero-order valence-corrected chi connectivity index (χ0v) is 26.9. The zero-order chi connectivity index (χ0) is 32.3. The van der Waals surface area contributed by atoms with Crippen LogP contribution in [0.1, 0.15) is 66.2 Å². The molecular formula is C31H38N4O7S2. The van der Waals surface area contributed by atoms with Crippen molar-refractivity contribution in [1.82, 2.24) is 4.72 Å². The lowest BCUT2D eigenvalue weighted by Crippen LogP contribution is -2.32. The largest absolute Gasteiger partial charge is 0.462 e. The number of carbonyl (C=O) groups is 2. The van der Waals surface area contributed by atoms with E-state index < -0.39 is 36.6 Å². The van der Waals surface area contributed by atoms with Crippen LogP contribution in [0.15, 0.2) is 86.7 Å². The minimum atomic E-state index is -4.60. The molecule has 0 saturated carbocycles. The van der Waals surface area contributed by atoms with E-state index in [1.165, 1.54) is 36.4 Å². The second-order valence-electron chi connectivity index (χ2n) is 10.4. The number of rotatable bonds is 15. The normalized spacial score (nSPS) is 11.8. The maximum absolute atomic E-state index is 13.4. The van der Waals surface area contributed by atoms with Gasteiger partial charge in [0.1, 0.15) is 4.90 Å². The average molecular weight is 643 g/mol. The second-order valence-corrected chi connectivity index (χ2v) is 14.1. The number of hydrogen-bond acceptors (Lipinski definition) is 10. The first-order chi connectivity index (χ1) is 20.8. The molecule has 0 saturated heterocycles. The number of azo groups is 1. The molecule has 0 bridgehead atoms. The van der Waals surface area contributed by atoms with E-state index >= 15 is 0 Å². The average Bonchev–Trinajstić information content (AvgIpc) is 2.98. The van der Waals surface area contributed by atoms with Gasteiger partial charge in [-0.25, -0.2) is 26.4 Å². The lowest BCUT2D eigenvalue weighted by molar-refractivity contribution is 0.0492. The Labute approximate surface area is 259 Å². The van der Waals surface area contributed by atoms with Crippen molar-refractivity contribution in [2.24, 2.45) is 10.2 Å². The van der Waals surface area contributed by atoms with Crippen LogP contribution in [0.3, 0.4) is 0 Å². The molecule has 0 aliphatic heterocycles. The molecule has 1 amide bonds. The fourth-order valence-electron chi connectivity index (χ4n) is 4.17. The smallest absolute Gasteiger partial charge is 0.339 e. The number of ether oxygens (including phenoxy) is 1. The Kier molecular flexibility index (Phi) is 12.2. The summed E-state index contributed by atoms with van der Waals surface area (Å²) < 4.78 is 58.4. The van der Waals surface area contributed by atoms with Gasteiger partial charge in [-0.3, -0.25) is 4.79 Å². The van der Waals surface area contributed by atoms with Gasteiger partial charge in [0.2, 0.25) is 0 Å². The van der Waals surface area contributed by atoms with E-state index in [9.17, 15) is 26.4 Å². The Morgan fingerprint density at radius 2 is 1.48 bits per heavy atom. The molecule has 11 nitrogen and oxygen atoms in total. The Balaban J connectivity index is 1.85. The summed E-state index contributed by atoms with van der Waals surface area (Å²) in [5.74, 6) is -1.98. The van der Waals surface area contributed by atoms with Gasteiger partial charge in [0, 0.05) is 26.0 Å². The lowest BCUT2D eigenvalue weighted by atomic mass is 10.1. The highest BCUT2D eigenvalue weighted by Gasteiger charge is 2.27. The fourth-order valence-corrected chi connectivity index (χ4v) is 5.98. The van der Waals surface area contributed by atoms with Crippen LogP contribution in [-0.4, -0.2) is 55.7 Å². The molecule has 0 unspecified atom stereocenters. The number of carbonyl (C=O) groups excluding carboxylic acids is 2. The van der Waals surface area contributed by atoms with Crippen molar-refractivity contribution in [2.75, 3.05) is 31.9 Å². The predicted molar refractivity (Wildman–Crippen MR) is 169 cm³/mol. The van der Waals surface area contributed by atoms with E-state index in [0.717, 1.165) is 50.1 Å². The highest BCUT2D eigenvalue weighted by Crippen LogP contribution is 2.27. The van der Waals surface area contributed by atoms with Gasteiger partial charge in [-0.2, -0.15) is 5.11 Å². The van der Waals surface area contributed by atoms with Crippen LogP contribution in [0.2, 0.25) is 0 Å². The number of unbranched alkanes of at least 4 members (excludes halogenated alkanes) is 5. The molecule has 3 rings (SSSR count). The molecule has 236 valence electrons. The molecule has 0 radical (unpaired) electrons. The molecule has 3 aromatic carbocycles. The van der Waals surface area contributed by atoms with Crippen molar-refractivity contribution in [1.29, 1.82) is 0 Å². The molecule has 3 aromatic rings. The number of hydrogen-bond donors (Lipinski definition) is 1. The molecule has 44 heavy (non-hydrogen) atoms. The second kappa shape index (κ2) is 15.6. The van der Waals surface area contributed by atoms with Crippen molar-refractivity contribution in [2.45, 2.75) is 55.2 Å². The summed E-state index contributed by atoms with van der Waals surface area (Å²) in [6, 6.07) is 16.0. The number of benzene rings is 3. The number of anilines is 1. The Hall–Kier alpha value is -4.10. The van der Waals surface area contributed by atoms with Gasteiger partial charge in [-0.05, 0) is 61.0 Å². The van der Waals surface area contributed by atoms with E-state index in [0.29, 0.717) is 12.1 Å². The Bertz CT molecular complexity index is 1700. The molecule has 0 aliphatic carbocycles. The summed E-state index contributed by atoms with van der Waals surface area (Å²) in [7, 11) is -4.58. The molecule has 13 heteroatoms. The SMILES string of the molecule is CCCCCCCCOC(=O)c1ccccc1S(=O)(=O)NC(=O)c1cc(S(C)(=O)=O)ccc1N=Nc1ccc(N(C)C)cc1. The summed E-state index contributed by atoms with van der Waals surface area (Å²) in [5.41, 5.74) is 0.750. The minimum absolute atomic E-state index is 0.0617. The van der Waals surface area contributed by atoms with Crippen molar-refractivity contribution < 1.29 is 31.2 Å². The Morgan fingerprint density at radius 1 is 0.818 bits per heavy atom.